The molecule has 2 bridgehead atoms. The quantitative estimate of drug-likeness (QED) is 0.523. The minimum atomic E-state index is -0.926. The lowest BCUT2D eigenvalue weighted by molar-refractivity contribution is -0.162. The molecule has 0 amide bonds. The van der Waals surface area contributed by atoms with Crippen molar-refractivity contribution >= 4 is 17.9 Å². The predicted octanol–water partition coefficient (Wildman–Crippen LogP) is 2.93. The van der Waals surface area contributed by atoms with Crippen LogP contribution in [0.1, 0.15) is 79.6 Å². The van der Waals surface area contributed by atoms with Crippen molar-refractivity contribution in [2.45, 2.75) is 116 Å². The summed E-state index contributed by atoms with van der Waals surface area (Å²) < 4.78 is 22.7. The van der Waals surface area contributed by atoms with Crippen LogP contribution in [-0.2, 0) is 33.3 Å². The Morgan fingerprint density at radius 1 is 1.06 bits per heavy atom. The third kappa shape index (κ3) is 7.75. The molecule has 8 nitrogen and oxygen atoms in total. The summed E-state index contributed by atoms with van der Waals surface area (Å²) in [6.45, 7) is 8.49. The van der Waals surface area contributed by atoms with Crippen molar-refractivity contribution in [1.29, 1.82) is 0 Å². The topological polar surface area (TPSA) is 108 Å². The van der Waals surface area contributed by atoms with Gasteiger partial charge in [-0.25, -0.2) is 0 Å². The number of ether oxygens (including phenoxy) is 4. The van der Waals surface area contributed by atoms with Gasteiger partial charge in [0.15, 0.2) is 0 Å². The second kappa shape index (κ2) is 11.8. The zero-order valence-electron chi connectivity index (χ0n) is 19.4. The summed E-state index contributed by atoms with van der Waals surface area (Å²) in [7, 11) is 0. The van der Waals surface area contributed by atoms with Gasteiger partial charge in [0.05, 0.1) is 30.1 Å². The average Bonchev–Trinajstić information content (AvgIpc) is 3.16. The molecule has 0 spiro atoms. The van der Waals surface area contributed by atoms with Gasteiger partial charge in [-0.1, -0.05) is 6.92 Å². The number of fused-ring (bicyclic) bond motifs is 2. The van der Waals surface area contributed by atoms with Crippen LogP contribution >= 0.6 is 0 Å². The fraction of sp³-hybridized carbons (Fsp3) is 0.870. The third-order valence-corrected chi connectivity index (χ3v) is 6.31. The Hall–Kier alpha value is -1.67. The predicted molar refractivity (Wildman–Crippen MR) is 112 cm³/mol. The molecule has 0 unspecified atom stereocenters. The first kappa shape index (κ1) is 25.6. The Kier molecular flexibility index (Phi) is 9.75. The molecule has 1 N–H and O–H groups in total. The van der Waals surface area contributed by atoms with Crippen molar-refractivity contribution in [3.05, 3.63) is 0 Å². The van der Waals surface area contributed by atoms with E-state index in [2.05, 4.69) is 0 Å². The van der Waals surface area contributed by atoms with Crippen LogP contribution in [0, 0.1) is 11.8 Å². The summed E-state index contributed by atoms with van der Waals surface area (Å²) in [4.78, 5) is 36.7. The molecule has 0 radical (unpaired) electrons. The molecular weight excluding hydrogens is 404 g/mol. The summed E-state index contributed by atoms with van der Waals surface area (Å²) in [6, 6.07) is 0. The highest BCUT2D eigenvalue weighted by Gasteiger charge is 2.37. The summed E-state index contributed by atoms with van der Waals surface area (Å²) in [6.07, 6.45) is 1.09. The Balaban J connectivity index is 2.17. The van der Waals surface area contributed by atoms with Crippen LogP contribution < -0.4 is 0 Å². The number of aliphatic hydroxyl groups excluding tert-OH is 1. The highest BCUT2D eigenvalue weighted by molar-refractivity contribution is 5.73. The van der Waals surface area contributed by atoms with E-state index in [1.165, 1.54) is 6.92 Å². The van der Waals surface area contributed by atoms with Gasteiger partial charge in [-0.2, -0.15) is 0 Å². The third-order valence-electron chi connectivity index (χ3n) is 6.31. The molecular formula is C23H38O8. The molecule has 2 saturated heterocycles. The van der Waals surface area contributed by atoms with Gasteiger partial charge in [0.1, 0.15) is 18.3 Å². The van der Waals surface area contributed by atoms with Crippen molar-refractivity contribution in [1.82, 2.24) is 0 Å². The van der Waals surface area contributed by atoms with Crippen molar-refractivity contribution in [3.63, 3.8) is 0 Å². The van der Waals surface area contributed by atoms with Gasteiger partial charge < -0.3 is 24.1 Å². The molecule has 2 aliphatic heterocycles. The Bertz CT molecular complexity index is 621. The minimum absolute atomic E-state index is 0.0855. The van der Waals surface area contributed by atoms with Gasteiger partial charge in [0, 0.05) is 19.8 Å². The zero-order valence-corrected chi connectivity index (χ0v) is 19.4. The number of aliphatic hydroxyl groups is 1. The molecule has 2 aliphatic rings. The van der Waals surface area contributed by atoms with Crippen LogP contribution in [0.15, 0.2) is 0 Å². The molecule has 2 heterocycles. The van der Waals surface area contributed by atoms with Gasteiger partial charge in [0.2, 0.25) is 0 Å². The lowest BCUT2D eigenvalue weighted by Crippen LogP contribution is -2.34. The Morgan fingerprint density at radius 2 is 1.74 bits per heavy atom. The summed E-state index contributed by atoms with van der Waals surface area (Å²) in [5, 5.41) is 10.5. The molecule has 2 fully saturated rings. The number of esters is 3. The van der Waals surface area contributed by atoms with E-state index in [-0.39, 0.29) is 42.8 Å². The molecule has 178 valence electrons. The fourth-order valence-electron chi connectivity index (χ4n) is 4.24. The SMILES string of the molecule is CC[C@H](C[C@@H]1CC[C@@H](O)[C@@H](C)C(=O)O[C@@H](C)C[C@H]2CC[C@H](O2)[C@H](C)C(=O)O1)OC(C)=O. The van der Waals surface area contributed by atoms with Crippen LogP contribution in [-0.4, -0.2) is 59.6 Å². The molecule has 0 aromatic carbocycles. The van der Waals surface area contributed by atoms with Crippen LogP contribution in [0.3, 0.4) is 0 Å². The first-order chi connectivity index (χ1) is 14.6. The van der Waals surface area contributed by atoms with E-state index in [4.69, 9.17) is 18.9 Å². The zero-order chi connectivity index (χ0) is 23.1. The number of carbonyl (C=O) groups is 3. The lowest BCUT2D eigenvalue weighted by atomic mass is 9.96. The number of carbonyl (C=O) groups excluding carboxylic acids is 3. The second-order valence-corrected chi connectivity index (χ2v) is 9.01. The maximum absolute atomic E-state index is 12.9. The average molecular weight is 443 g/mol. The van der Waals surface area contributed by atoms with Gasteiger partial charge in [-0.3, -0.25) is 14.4 Å². The van der Waals surface area contributed by atoms with E-state index in [1.54, 1.807) is 13.8 Å². The first-order valence-corrected chi connectivity index (χ1v) is 11.5. The summed E-state index contributed by atoms with van der Waals surface area (Å²) in [5.41, 5.74) is 0. The molecule has 2 rings (SSSR count). The van der Waals surface area contributed by atoms with Crippen molar-refractivity contribution in [3.8, 4) is 0 Å². The first-order valence-electron chi connectivity index (χ1n) is 11.5. The number of cyclic esters (lactones) is 2. The smallest absolute Gasteiger partial charge is 0.311 e. The van der Waals surface area contributed by atoms with Gasteiger partial charge in [-0.05, 0) is 52.9 Å². The van der Waals surface area contributed by atoms with E-state index in [1.807, 2.05) is 13.8 Å². The Labute approximate surface area is 184 Å². The Morgan fingerprint density at radius 3 is 2.39 bits per heavy atom. The van der Waals surface area contributed by atoms with Crippen LogP contribution in [0.5, 0.6) is 0 Å². The van der Waals surface area contributed by atoms with Crippen molar-refractivity contribution < 1.29 is 38.4 Å². The normalized spacial score (nSPS) is 36.5. The number of hydrogen-bond donors (Lipinski definition) is 1. The largest absolute Gasteiger partial charge is 0.462 e. The highest BCUT2D eigenvalue weighted by Crippen LogP contribution is 2.30. The minimum Gasteiger partial charge on any atom is -0.462 e. The summed E-state index contributed by atoms with van der Waals surface area (Å²) >= 11 is 0. The second-order valence-electron chi connectivity index (χ2n) is 9.01. The summed E-state index contributed by atoms with van der Waals surface area (Å²) in [5.74, 6) is -2.33. The number of hydrogen-bond acceptors (Lipinski definition) is 8. The molecule has 0 aromatic heterocycles. The van der Waals surface area contributed by atoms with E-state index >= 15 is 0 Å². The number of rotatable bonds is 4. The highest BCUT2D eigenvalue weighted by atomic mass is 16.6. The van der Waals surface area contributed by atoms with Gasteiger partial charge >= 0.3 is 17.9 Å². The standard InChI is InChI=1S/C23H38O8/c1-6-17(29-16(5)24)12-19-7-9-20(25)14(3)22(26)28-13(2)11-18-8-10-21(30-18)15(4)23(27)31-19/h13-15,17-21,25H,6-12H2,1-5H3/t13-,14+,15-,17+,18+,19-,20+,21-/m0/s1. The van der Waals surface area contributed by atoms with Crippen LogP contribution in [0.25, 0.3) is 0 Å². The maximum atomic E-state index is 12.9. The molecule has 8 atom stereocenters. The maximum Gasteiger partial charge on any atom is 0.311 e. The molecule has 0 aliphatic carbocycles. The fourth-order valence-corrected chi connectivity index (χ4v) is 4.24. The van der Waals surface area contributed by atoms with E-state index < -0.39 is 30.0 Å². The molecule has 8 heteroatoms. The van der Waals surface area contributed by atoms with E-state index in [0.29, 0.717) is 25.7 Å². The molecule has 31 heavy (non-hydrogen) atoms. The molecule has 0 aromatic rings. The van der Waals surface area contributed by atoms with Crippen molar-refractivity contribution in [2.75, 3.05) is 0 Å². The van der Waals surface area contributed by atoms with Crippen molar-refractivity contribution in [2.24, 2.45) is 11.8 Å². The van der Waals surface area contributed by atoms with E-state index in [0.717, 1.165) is 12.8 Å². The van der Waals surface area contributed by atoms with Crippen LogP contribution in [0.4, 0.5) is 0 Å². The van der Waals surface area contributed by atoms with E-state index in [9.17, 15) is 19.5 Å². The molecule has 0 saturated carbocycles. The van der Waals surface area contributed by atoms with Gasteiger partial charge in [0.25, 0.3) is 0 Å². The van der Waals surface area contributed by atoms with Gasteiger partial charge in [-0.15, -0.1) is 0 Å². The monoisotopic (exact) mass is 442 g/mol. The van der Waals surface area contributed by atoms with Crippen LogP contribution in [0.2, 0.25) is 0 Å². The lowest BCUT2D eigenvalue weighted by Gasteiger charge is -2.27.